The van der Waals surface area contributed by atoms with Crippen molar-refractivity contribution in [1.82, 2.24) is 10.2 Å². The molecule has 0 aliphatic rings. The van der Waals surface area contributed by atoms with Crippen LogP contribution in [0.2, 0.25) is 0 Å². The monoisotopic (exact) mass is 316 g/mol. The summed E-state index contributed by atoms with van der Waals surface area (Å²) in [5.41, 5.74) is 1.33. The predicted octanol–water partition coefficient (Wildman–Crippen LogP) is 2.50. The molecule has 8 heteroatoms. The third kappa shape index (κ3) is 3.29. The smallest absolute Gasteiger partial charge is 0.261 e. The molecule has 1 aromatic carbocycles. The highest BCUT2D eigenvalue weighted by Gasteiger charge is 2.15. The molecule has 2 aromatic rings. The molecule has 0 saturated heterocycles. The number of rotatable bonds is 4. The topological polar surface area (TPSA) is 82.3 Å². The fourth-order valence-corrected chi connectivity index (χ4v) is 2.71. The van der Waals surface area contributed by atoms with E-state index < -0.39 is 9.05 Å². The lowest BCUT2D eigenvalue weighted by molar-refractivity contribution is 0.257. The van der Waals surface area contributed by atoms with Crippen LogP contribution in [0.3, 0.4) is 0 Å². The molecule has 20 heavy (non-hydrogen) atoms. The van der Waals surface area contributed by atoms with Gasteiger partial charge in [-0.1, -0.05) is 0 Å². The van der Waals surface area contributed by atoms with Gasteiger partial charge in [-0.05, 0) is 37.1 Å². The predicted molar refractivity (Wildman–Crippen MR) is 72.3 cm³/mol. The Morgan fingerprint density at radius 2 is 1.80 bits per heavy atom. The first-order chi connectivity index (χ1) is 9.27. The van der Waals surface area contributed by atoms with Crippen LogP contribution in [-0.4, -0.2) is 18.6 Å². The summed E-state index contributed by atoms with van der Waals surface area (Å²) in [7, 11) is 1.58. The lowest BCUT2D eigenvalue weighted by Crippen LogP contribution is -2.01. The maximum absolute atomic E-state index is 11.3. The van der Waals surface area contributed by atoms with Crippen molar-refractivity contribution in [3.63, 3.8) is 0 Å². The Morgan fingerprint density at radius 1 is 1.20 bits per heavy atom. The Labute approximate surface area is 121 Å². The van der Waals surface area contributed by atoms with Crippen molar-refractivity contribution in [3.8, 4) is 5.75 Å². The Kier molecular flexibility index (Phi) is 4.01. The second-order valence-corrected chi connectivity index (χ2v) is 6.89. The molecule has 0 spiro atoms. The van der Waals surface area contributed by atoms with E-state index >= 15 is 0 Å². The minimum Gasteiger partial charge on any atom is -0.483 e. The van der Waals surface area contributed by atoms with Gasteiger partial charge in [-0.2, -0.15) is 0 Å². The van der Waals surface area contributed by atoms with E-state index in [-0.39, 0.29) is 11.5 Å². The van der Waals surface area contributed by atoms with Crippen molar-refractivity contribution in [3.05, 3.63) is 35.0 Å². The third-order valence-electron chi connectivity index (χ3n) is 2.62. The van der Waals surface area contributed by atoms with Gasteiger partial charge in [0, 0.05) is 17.6 Å². The summed E-state index contributed by atoms with van der Waals surface area (Å²) in [5.74, 6) is 1.39. The van der Waals surface area contributed by atoms with E-state index in [4.69, 9.17) is 19.8 Å². The van der Waals surface area contributed by atoms with Crippen LogP contribution in [-0.2, 0) is 15.7 Å². The van der Waals surface area contributed by atoms with Gasteiger partial charge >= 0.3 is 0 Å². The lowest BCUT2D eigenvalue weighted by Gasteiger charge is -2.11. The quantitative estimate of drug-likeness (QED) is 0.806. The Morgan fingerprint density at radius 3 is 2.25 bits per heavy atom. The van der Waals surface area contributed by atoms with Gasteiger partial charge in [-0.3, -0.25) is 0 Å². The highest BCUT2D eigenvalue weighted by Crippen LogP contribution is 2.28. The van der Waals surface area contributed by atoms with Crippen molar-refractivity contribution in [2.24, 2.45) is 0 Å². The van der Waals surface area contributed by atoms with E-state index in [1.54, 1.807) is 20.8 Å². The molecule has 0 saturated carbocycles. The molecule has 0 bridgehead atoms. The van der Waals surface area contributed by atoms with Crippen molar-refractivity contribution >= 4 is 19.7 Å². The van der Waals surface area contributed by atoms with E-state index in [1.807, 2.05) is 0 Å². The number of aromatic nitrogens is 2. The van der Waals surface area contributed by atoms with Crippen LogP contribution in [0.1, 0.15) is 22.9 Å². The van der Waals surface area contributed by atoms with Gasteiger partial charge in [-0.25, -0.2) is 8.42 Å². The van der Waals surface area contributed by atoms with Crippen molar-refractivity contribution in [2.75, 3.05) is 0 Å². The summed E-state index contributed by atoms with van der Waals surface area (Å²) in [6, 6.07) is 2.92. The fourth-order valence-electron chi connectivity index (χ4n) is 1.81. The van der Waals surface area contributed by atoms with E-state index in [2.05, 4.69) is 10.2 Å². The average molecular weight is 317 g/mol. The number of hydrogen-bond acceptors (Lipinski definition) is 6. The zero-order chi connectivity index (χ0) is 14.9. The zero-order valence-electron chi connectivity index (χ0n) is 11.2. The normalized spacial score (nSPS) is 11.6. The number of ether oxygens (including phenoxy) is 1. The summed E-state index contributed by atoms with van der Waals surface area (Å²) < 4.78 is 33.4. The van der Waals surface area contributed by atoms with E-state index in [0.717, 1.165) is 0 Å². The Balaban J connectivity index is 2.25. The highest BCUT2D eigenvalue weighted by atomic mass is 35.7. The van der Waals surface area contributed by atoms with Crippen molar-refractivity contribution < 1.29 is 17.6 Å². The summed E-state index contributed by atoms with van der Waals surface area (Å²) in [4.78, 5) is 0.0511. The average Bonchev–Trinajstić information content (AvgIpc) is 2.72. The van der Waals surface area contributed by atoms with Crippen LogP contribution >= 0.6 is 10.7 Å². The van der Waals surface area contributed by atoms with Gasteiger partial charge in [0.1, 0.15) is 5.75 Å². The summed E-state index contributed by atoms with van der Waals surface area (Å²) >= 11 is 0. The molecule has 0 aliphatic heterocycles. The third-order valence-corrected chi connectivity index (χ3v) is 3.96. The van der Waals surface area contributed by atoms with Crippen molar-refractivity contribution in [2.45, 2.75) is 32.3 Å². The first-order valence-corrected chi connectivity index (χ1v) is 8.06. The van der Waals surface area contributed by atoms with E-state index in [1.165, 1.54) is 12.1 Å². The second kappa shape index (κ2) is 5.41. The molecular formula is C12H13ClN2O4S. The maximum Gasteiger partial charge on any atom is 0.261 e. The molecule has 108 valence electrons. The molecule has 0 unspecified atom stereocenters. The van der Waals surface area contributed by atoms with Crippen LogP contribution in [0.25, 0.3) is 0 Å². The summed E-state index contributed by atoms with van der Waals surface area (Å²) in [6.45, 7) is 5.29. The summed E-state index contributed by atoms with van der Waals surface area (Å²) in [6.07, 6.45) is 0. The van der Waals surface area contributed by atoms with Gasteiger partial charge in [0.25, 0.3) is 14.9 Å². The van der Waals surface area contributed by atoms with E-state index in [0.29, 0.717) is 28.7 Å². The molecule has 2 rings (SSSR count). The molecule has 0 amide bonds. The van der Waals surface area contributed by atoms with Crippen LogP contribution in [0.15, 0.2) is 21.4 Å². The number of aryl methyl sites for hydroxylation is 3. The molecule has 0 radical (unpaired) electrons. The van der Waals surface area contributed by atoms with Gasteiger partial charge in [0.05, 0.1) is 4.90 Å². The van der Waals surface area contributed by atoms with Crippen molar-refractivity contribution in [1.29, 1.82) is 0 Å². The minimum atomic E-state index is -3.75. The largest absolute Gasteiger partial charge is 0.483 e. The van der Waals surface area contributed by atoms with Gasteiger partial charge in [0.15, 0.2) is 6.61 Å². The molecule has 0 N–H and O–H groups in total. The van der Waals surface area contributed by atoms with Crippen LogP contribution < -0.4 is 4.74 Å². The highest BCUT2D eigenvalue weighted by molar-refractivity contribution is 8.13. The maximum atomic E-state index is 11.3. The van der Waals surface area contributed by atoms with Crippen LogP contribution in [0.4, 0.5) is 0 Å². The molecular weight excluding hydrogens is 304 g/mol. The Bertz CT molecular complexity index is 717. The van der Waals surface area contributed by atoms with Gasteiger partial charge in [0.2, 0.25) is 5.89 Å². The second-order valence-electron chi connectivity index (χ2n) is 4.33. The zero-order valence-corrected chi connectivity index (χ0v) is 12.7. The van der Waals surface area contributed by atoms with Crippen LogP contribution in [0.5, 0.6) is 5.75 Å². The number of halogens is 1. The molecule has 0 fully saturated rings. The molecule has 0 aliphatic carbocycles. The minimum absolute atomic E-state index is 0.0511. The lowest BCUT2D eigenvalue weighted by atomic mass is 10.1. The molecule has 1 aromatic heterocycles. The number of benzene rings is 1. The molecule has 6 nitrogen and oxygen atoms in total. The van der Waals surface area contributed by atoms with E-state index in [9.17, 15) is 8.42 Å². The fraction of sp³-hybridized carbons (Fsp3) is 0.333. The molecule has 0 atom stereocenters. The number of hydrogen-bond donors (Lipinski definition) is 0. The molecule has 1 heterocycles. The first kappa shape index (κ1) is 14.8. The Hall–Kier alpha value is -1.60. The number of nitrogens with zero attached hydrogens (tertiary/aromatic N) is 2. The van der Waals surface area contributed by atoms with Gasteiger partial charge in [-0.15, -0.1) is 10.2 Å². The SMILES string of the molecule is Cc1nnc(COc2c(C)cc(S(=O)(=O)Cl)cc2C)o1. The summed E-state index contributed by atoms with van der Waals surface area (Å²) in [5, 5.41) is 7.52. The standard InChI is InChI=1S/C12H13ClN2O4S/c1-7-4-10(20(13,16)17)5-8(2)12(7)18-6-11-15-14-9(3)19-11/h4-5H,6H2,1-3H3. The van der Waals surface area contributed by atoms with Crippen LogP contribution in [0, 0.1) is 20.8 Å². The van der Waals surface area contributed by atoms with Gasteiger partial charge < -0.3 is 9.15 Å². The first-order valence-electron chi connectivity index (χ1n) is 5.75.